The van der Waals surface area contributed by atoms with Crippen molar-refractivity contribution in [1.82, 2.24) is 15.6 Å². The molecule has 0 fully saturated rings. The summed E-state index contributed by atoms with van der Waals surface area (Å²) in [5.74, 6) is 2.62. The molecule has 0 radical (unpaired) electrons. The maximum Gasteiger partial charge on any atom is 0.191 e. The molecule has 1 heterocycles. The van der Waals surface area contributed by atoms with E-state index in [1.165, 1.54) is 5.56 Å². The van der Waals surface area contributed by atoms with E-state index in [-0.39, 0.29) is 24.0 Å². The quantitative estimate of drug-likeness (QED) is 0.154. The van der Waals surface area contributed by atoms with Gasteiger partial charge in [0, 0.05) is 58.6 Å². The van der Waals surface area contributed by atoms with Crippen LogP contribution in [0, 0.1) is 6.92 Å². The Morgan fingerprint density at radius 1 is 1.03 bits per heavy atom. The highest BCUT2D eigenvalue weighted by Gasteiger charge is 2.06. The van der Waals surface area contributed by atoms with Crippen molar-refractivity contribution in [3.05, 3.63) is 53.7 Å². The smallest absolute Gasteiger partial charge is 0.191 e. The molecule has 8 heteroatoms. The second-order valence-corrected chi connectivity index (χ2v) is 7.01. The highest BCUT2D eigenvalue weighted by atomic mass is 127. The van der Waals surface area contributed by atoms with E-state index in [9.17, 15) is 0 Å². The predicted molar refractivity (Wildman–Crippen MR) is 139 cm³/mol. The molecule has 0 saturated heterocycles. The molecule has 1 aromatic heterocycles. The summed E-state index contributed by atoms with van der Waals surface area (Å²) in [6.07, 6.45) is 4.76. The first kappa shape index (κ1) is 27.0. The van der Waals surface area contributed by atoms with Crippen LogP contribution in [0.3, 0.4) is 0 Å². The number of halogens is 1. The van der Waals surface area contributed by atoms with Crippen LogP contribution in [0.1, 0.15) is 30.4 Å². The Labute approximate surface area is 203 Å². The van der Waals surface area contributed by atoms with Gasteiger partial charge < -0.3 is 25.4 Å². The molecule has 0 atom stereocenters. The summed E-state index contributed by atoms with van der Waals surface area (Å²) >= 11 is 0. The molecule has 0 aliphatic carbocycles. The largest absolute Gasteiger partial charge is 0.493 e. The third kappa shape index (κ3) is 11.2. The summed E-state index contributed by atoms with van der Waals surface area (Å²) in [7, 11) is 3.49. The topological polar surface area (TPSA) is 79.8 Å². The van der Waals surface area contributed by atoms with Gasteiger partial charge in [0.05, 0.1) is 6.61 Å². The average molecular weight is 541 g/mol. The van der Waals surface area contributed by atoms with Gasteiger partial charge in [-0.1, -0.05) is 18.2 Å². The fourth-order valence-corrected chi connectivity index (χ4v) is 2.87. The van der Waals surface area contributed by atoms with Gasteiger partial charge in [0.15, 0.2) is 5.96 Å². The molecule has 0 aliphatic heterocycles. The van der Waals surface area contributed by atoms with Crippen molar-refractivity contribution in [3.8, 4) is 5.75 Å². The Morgan fingerprint density at radius 3 is 2.61 bits per heavy atom. The maximum absolute atomic E-state index is 5.96. The van der Waals surface area contributed by atoms with Crippen molar-refractivity contribution in [1.29, 1.82) is 0 Å². The number of anilines is 1. The number of pyridine rings is 1. The molecule has 0 amide bonds. The van der Waals surface area contributed by atoms with Crippen LogP contribution >= 0.6 is 24.0 Å². The molecule has 2 aromatic rings. The molecule has 2 rings (SSSR count). The lowest BCUT2D eigenvalue weighted by Crippen LogP contribution is -2.37. The van der Waals surface area contributed by atoms with Crippen LogP contribution in [0.5, 0.6) is 5.75 Å². The summed E-state index contributed by atoms with van der Waals surface area (Å²) in [5, 5.41) is 10.1. The van der Waals surface area contributed by atoms with Gasteiger partial charge >= 0.3 is 0 Å². The Balaban J connectivity index is 0.00000480. The van der Waals surface area contributed by atoms with Crippen LogP contribution < -0.4 is 20.7 Å². The number of nitrogens with zero attached hydrogens (tertiary/aromatic N) is 2. The van der Waals surface area contributed by atoms with Crippen molar-refractivity contribution in [2.45, 2.75) is 32.7 Å². The Morgan fingerprint density at radius 2 is 1.87 bits per heavy atom. The average Bonchev–Trinajstić information content (AvgIpc) is 2.77. The van der Waals surface area contributed by atoms with Crippen molar-refractivity contribution in [2.75, 3.05) is 45.8 Å². The number of benzene rings is 1. The molecular weight excluding hydrogens is 505 g/mol. The van der Waals surface area contributed by atoms with Crippen LogP contribution in [-0.4, -0.2) is 51.4 Å². The van der Waals surface area contributed by atoms with Gasteiger partial charge in [0.1, 0.15) is 11.6 Å². The van der Waals surface area contributed by atoms with E-state index < -0.39 is 0 Å². The van der Waals surface area contributed by atoms with E-state index in [4.69, 9.17) is 9.47 Å². The van der Waals surface area contributed by atoms with Crippen molar-refractivity contribution in [3.63, 3.8) is 0 Å². The predicted octanol–water partition coefficient (Wildman–Crippen LogP) is 3.98. The zero-order valence-electron chi connectivity index (χ0n) is 18.8. The Kier molecular flexibility index (Phi) is 14.4. The second-order valence-electron chi connectivity index (χ2n) is 7.01. The molecule has 1 aromatic carbocycles. The standard InChI is InChI=1S/C23H35N5O2.HI/c1-19-10-11-20(21(17-19)30-16-8-15-29-3)18-28-23(24-2)27-14-7-6-13-26-22-9-4-5-12-25-22;/h4-5,9-12,17H,6-8,13-16,18H2,1-3H3,(H,25,26)(H2,24,27,28);1H. The summed E-state index contributed by atoms with van der Waals surface area (Å²) in [6.45, 7) is 5.83. The fourth-order valence-electron chi connectivity index (χ4n) is 2.87. The normalized spacial score (nSPS) is 10.9. The number of methoxy groups -OCH3 is 1. The molecule has 31 heavy (non-hydrogen) atoms. The van der Waals surface area contributed by atoms with E-state index in [0.717, 1.165) is 55.4 Å². The van der Waals surface area contributed by atoms with E-state index in [2.05, 4.69) is 51.0 Å². The number of guanidine groups is 1. The molecular formula is C23H36IN5O2. The Bertz CT molecular complexity index is 759. The lowest BCUT2D eigenvalue weighted by atomic mass is 10.1. The zero-order chi connectivity index (χ0) is 21.4. The molecule has 0 spiro atoms. The first-order valence-corrected chi connectivity index (χ1v) is 10.5. The van der Waals surface area contributed by atoms with Crippen LogP contribution in [0.25, 0.3) is 0 Å². The molecule has 0 aliphatic rings. The van der Waals surface area contributed by atoms with E-state index in [0.29, 0.717) is 19.8 Å². The van der Waals surface area contributed by atoms with Crippen LogP contribution in [0.4, 0.5) is 5.82 Å². The van der Waals surface area contributed by atoms with Gasteiger partial charge in [0.25, 0.3) is 0 Å². The van der Waals surface area contributed by atoms with Crippen molar-refractivity contribution < 1.29 is 9.47 Å². The van der Waals surface area contributed by atoms with Gasteiger partial charge in [-0.3, -0.25) is 4.99 Å². The number of hydrogen-bond donors (Lipinski definition) is 3. The highest BCUT2D eigenvalue weighted by Crippen LogP contribution is 2.20. The third-order valence-electron chi connectivity index (χ3n) is 4.51. The number of unbranched alkanes of at least 4 members (excludes halogenated alkanes) is 1. The van der Waals surface area contributed by atoms with Crippen molar-refractivity contribution >= 4 is 35.8 Å². The minimum absolute atomic E-state index is 0. The lowest BCUT2D eigenvalue weighted by Gasteiger charge is -2.15. The monoisotopic (exact) mass is 541 g/mol. The number of nitrogens with one attached hydrogen (secondary N) is 3. The minimum Gasteiger partial charge on any atom is -0.493 e. The SMILES string of the molecule is CN=C(NCCCCNc1ccccn1)NCc1ccc(C)cc1OCCCOC.I. The maximum atomic E-state index is 5.96. The number of hydrogen-bond acceptors (Lipinski definition) is 5. The number of aromatic nitrogens is 1. The number of aryl methyl sites for hydroxylation is 1. The summed E-state index contributed by atoms with van der Waals surface area (Å²) in [6, 6.07) is 12.2. The van der Waals surface area contributed by atoms with Crippen LogP contribution in [0.2, 0.25) is 0 Å². The number of rotatable bonds is 13. The van der Waals surface area contributed by atoms with E-state index in [1.807, 2.05) is 18.2 Å². The third-order valence-corrected chi connectivity index (χ3v) is 4.51. The second kappa shape index (κ2) is 16.6. The Hall–Kier alpha value is -2.07. The molecule has 3 N–H and O–H groups in total. The van der Waals surface area contributed by atoms with Crippen molar-refractivity contribution in [2.24, 2.45) is 4.99 Å². The molecule has 0 saturated carbocycles. The number of aliphatic imine (C=N–C) groups is 1. The van der Waals surface area contributed by atoms with Gasteiger partial charge in [-0.15, -0.1) is 24.0 Å². The number of ether oxygens (including phenoxy) is 2. The first-order chi connectivity index (χ1) is 14.7. The molecule has 0 bridgehead atoms. The summed E-state index contributed by atoms with van der Waals surface area (Å²) in [5.41, 5.74) is 2.29. The van der Waals surface area contributed by atoms with Gasteiger partial charge in [-0.2, -0.15) is 0 Å². The molecule has 0 unspecified atom stereocenters. The fraction of sp³-hybridized carbons (Fsp3) is 0.478. The first-order valence-electron chi connectivity index (χ1n) is 10.5. The van der Waals surface area contributed by atoms with Crippen LogP contribution in [0.15, 0.2) is 47.6 Å². The van der Waals surface area contributed by atoms with Crippen LogP contribution in [-0.2, 0) is 11.3 Å². The minimum atomic E-state index is 0. The van der Waals surface area contributed by atoms with E-state index in [1.54, 1.807) is 20.4 Å². The highest BCUT2D eigenvalue weighted by molar-refractivity contribution is 14.0. The van der Waals surface area contributed by atoms with Gasteiger partial charge in [0.2, 0.25) is 0 Å². The molecule has 7 nitrogen and oxygen atoms in total. The van der Waals surface area contributed by atoms with Gasteiger partial charge in [-0.25, -0.2) is 4.98 Å². The summed E-state index contributed by atoms with van der Waals surface area (Å²) < 4.78 is 11.0. The lowest BCUT2D eigenvalue weighted by molar-refractivity contribution is 0.171. The summed E-state index contributed by atoms with van der Waals surface area (Å²) in [4.78, 5) is 8.57. The zero-order valence-corrected chi connectivity index (χ0v) is 21.1. The molecule has 172 valence electrons. The van der Waals surface area contributed by atoms with E-state index >= 15 is 0 Å². The van der Waals surface area contributed by atoms with Gasteiger partial charge in [-0.05, 0) is 43.5 Å².